The van der Waals surface area contributed by atoms with Crippen molar-refractivity contribution in [1.29, 1.82) is 0 Å². The molecule has 0 unspecified atom stereocenters. The van der Waals surface area contributed by atoms with E-state index < -0.39 is 17.2 Å². The number of amides is 1. The van der Waals surface area contributed by atoms with Crippen LogP contribution >= 0.6 is 0 Å². The van der Waals surface area contributed by atoms with E-state index in [1.165, 1.54) is 17.2 Å². The largest absolute Gasteiger partial charge is 0.459 e. The van der Waals surface area contributed by atoms with Crippen LogP contribution in [0.15, 0.2) is 24.4 Å². The Morgan fingerprint density at radius 2 is 2.03 bits per heavy atom. The van der Waals surface area contributed by atoms with Crippen molar-refractivity contribution in [2.45, 2.75) is 72.3 Å². The van der Waals surface area contributed by atoms with Crippen molar-refractivity contribution in [3.05, 3.63) is 58.3 Å². The van der Waals surface area contributed by atoms with Crippen LogP contribution in [0, 0.1) is 12.7 Å². The van der Waals surface area contributed by atoms with Crippen LogP contribution in [0.25, 0.3) is 5.57 Å². The Balaban J connectivity index is 2.11. The highest BCUT2D eigenvalue weighted by Crippen LogP contribution is 2.37. The minimum absolute atomic E-state index is 0.228. The number of halogens is 1. The summed E-state index contributed by atoms with van der Waals surface area (Å²) >= 11 is 0. The van der Waals surface area contributed by atoms with E-state index in [1.807, 2.05) is 13.8 Å². The molecule has 2 aromatic rings. The highest BCUT2D eigenvalue weighted by atomic mass is 19.1. The molecule has 1 amide bonds. The Bertz CT molecular complexity index is 1050. The first-order chi connectivity index (χ1) is 15.0. The molecule has 0 atom stereocenters. The molecule has 3 rings (SSSR count). The Hall–Kier alpha value is -2.96. The Morgan fingerprint density at radius 1 is 1.31 bits per heavy atom. The summed E-state index contributed by atoms with van der Waals surface area (Å²) in [4.78, 5) is 27.9. The minimum atomic E-state index is -0.530. The monoisotopic (exact) mass is 441 g/mol. The summed E-state index contributed by atoms with van der Waals surface area (Å²) < 4.78 is 19.6. The molecule has 1 aromatic carbocycles. The number of nitrogens with zero attached hydrogens (tertiary/aromatic N) is 2. The number of ether oxygens (including phenoxy) is 1. The first-order valence-electron chi connectivity index (χ1n) is 11.1. The van der Waals surface area contributed by atoms with Gasteiger partial charge in [0.25, 0.3) is 5.91 Å². The lowest BCUT2D eigenvalue weighted by Gasteiger charge is -2.30. The van der Waals surface area contributed by atoms with E-state index in [0.717, 1.165) is 30.5 Å². The zero-order chi connectivity index (χ0) is 23.6. The lowest BCUT2D eigenvalue weighted by molar-refractivity contribution is -0.140. The molecule has 0 saturated carbocycles. The van der Waals surface area contributed by atoms with E-state index in [2.05, 4.69) is 17.1 Å². The summed E-state index contributed by atoms with van der Waals surface area (Å²) in [5, 5.41) is 7.54. The van der Waals surface area contributed by atoms with Gasteiger partial charge in [-0.15, -0.1) is 0 Å². The normalized spacial score (nSPS) is 15.2. The maximum Gasteiger partial charge on any atom is 0.342 e. The van der Waals surface area contributed by atoms with Crippen molar-refractivity contribution in [3.63, 3.8) is 0 Å². The summed E-state index contributed by atoms with van der Waals surface area (Å²) in [6, 6.07) is 4.42. The van der Waals surface area contributed by atoms with Crippen molar-refractivity contribution < 1.29 is 18.7 Å². The summed E-state index contributed by atoms with van der Waals surface area (Å²) in [5.74, 6) is -1.35. The van der Waals surface area contributed by atoms with Crippen LogP contribution in [0.1, 0.15) is 80.3 Å². The van der Waals surface area contributed by atoms with Gasteiger partial charge in [0.2, 0.25) is 0 Å². The van der Waals surface area contributed by atoms with E-state index in [-0.39, 0.29) is 23.1 Å². The molecule has 32 heavy (non-hydrogen) atoms. The highest BCUT2D eigenvalue weighted by Gasteiger charge is 2.38. The smallest absolute Gasteiger partial charge is 0.342 e. The second kappa shape index (κ2) is 9.27. The Morgan fingerprint density at radius 3 is 2.66 bits per heavy atom. The molecule has 172 valence electrons. The zero-order valence-corrected chi connectivity index (χ0v) is 19.7. The van der Waals surface area contributed by atoms with Gasteiger partial charge in [-0.3, -0.25) is 9.89 Å². The third-order valence-corrected chi connectivity index (χ3v) is 5.65. The fourth-order valence-corrected chi connectivity index (χ4v) is 4.05. The van der Waals surface area contributed by atoms with E-state index >= 15 is 0 Å². The number of hydrogen-bond acceptors (Lipinski definition) is 4. The lowest BCUT2D eigenvalue weighted by Crippen LogP contribution is -2.37. The maximum absolute atomic E-state index is 14.2. The van der Waals surface area contributed by atoms with E-state index in [1.54, 1.807) is 32.9 Å². The molecule has 1 aromatic heterocycles. The molecule has 7 heteroatoms. The van der Waals surface area contributed by atoms with Crippen molar-refractivity contribution in [2.24, 2.45) is 0 Å². The van der Waals surface area contributed by atoms with E-state index in [9.17, 15) is 14.0 Å². The van der Waals surface area contributed by atoms with Gasteiger partial charge in [-0.05, 0) is 51.3 Å². The molecule has 0 aliphatic carbocycles. The first kappa shape index (κ1) is 23.7. The van der Waals surface area contributed by atoms with Crippen LogP contribution in [0.3, 0.4) is 0 Å². The van der Waals surface area contributed by atoms with E-state index in [0.29, 0.717) is 17.8 Å². The number of aryl methyl sites for hydroxylation is 2. The molecule has 0 fully saturated rings. The molecule has 6 nitrogen and oxygen atoms in total. The third-order valence-electron chi connectivity index (χ3n) is 5.65. The molecule has 1 aliphatic rings. The number of nitrogens with one attached hydrogen (secondary N) is 1. The standard InChI is InChI=1S/C25H32FN3O3/c1-7-8-9-20-21-22(28-27-20)18(24(31)32-15(2)3)13-29(14-25(21,5)6)23(30)17-11-10-16(4)19(26)12-17/h10-13,15H,7-9,14H2,1-6H3,(H,27,28). The summed E-state index contributed by atoms with van der Waals surface area (Å²) in [6.07, 6.45) is 3.95. The van der Waals surface area contributed by atoms with Gasteiger partial charge in [0, 0.05) is 29.3 Å². The van der Waals surface area contributed by atoms with Crippen LogP contribution in [0.4, 0.5) is 4.39 Å². The fraction of sp³-hybridized carbons (Fsp3) is 0.480. The highest BCUT2D eigenvalue weighted by molar-refractivity contribution is 6.17. The van der Waals surface area contributed by atoms with Gasteiger partial charge in [0.1, 0.15) is 11.4 Å². The topological polar surface area (TPSA) is 75.3 Å². The summed E-state index contributed by atoms with van der Waals surface area (Å²) in [7, 11) is 0. The van der Waals surface area contributed by atoms with Crippen LogP contribution in [-0.2, 0) is 21.4 Å². The predicted molar refractivity (Wildman–Crippen MR) is 122 cm³/mol. The van der Waals surface area contributed by atoms with Gasteiger partial charge >= 0.3 is 5.97 Å². The number of fused-ring (bicyclic) bond motifs is 1. The second-order valence-corrected chi connectivity index (χ2v) is 9.30. The average Bonchev–Trinajstić information content (AvgIpc) is 3.10. The number of unbranched alkanes of at least 4 members (excludes halogenated alkanes) is 1. The van der Waals surface area contributed by atoms with Crippen LogP contribution in [-0.4, -0.2) is 39.6 Å². The second-order valence-electron chi connectivity index (χ2n) is 9.30. The number of aromatic nitrogens is 2. The van der Waals surface area contributed by atoms with Crippen molar-refractivity contribution >= 4 is 17.4 Å². The number of carbonyl (C=O) groups is 2. The first-order valence-corrected chi connectivity index (χ1v) is 11.1. The molecule has 2 heterocycles. The third kappa shape index (κ3) is 4.76. The van der Waals surface area contributed by atoms with Crippen LogP contribution in [0.2, 0.25) is 0 Å². The zero-order valence-electron chi connectivity index (χ0n) is 19.7. The Kier molecular flexibility index (Phi) is 6.86. The van der Waals surface area contributed by atoms with Crippen molar-refractivity contribution in [2.75, 3.05) is 6.54 Å². The SMILES string of the molecule is CCCCc1n[nH]c2c1C(C)(C)CN(C(=O)c1ccc(C)c(F)c1)C=C2C(=O)OC(C)C. The fourth-order valence-electron chi connectivity index (χ4n) is 4.05. The average molecular weight is 442 g/mol. The van der Waals surface area contributed by atoms with Gasteiger partial charge in [-0.25, -0.2) is 9.18 Å². The molecule has 1 N–H and O–H groups in total. The quantitative estimate of drug-likeness (QED) is 0.645. The molecular weight excluding hydrogens is 409 g/mol. The lowest BCUT2D eigenvalue weighted by atomic mass is 9.81. The van der Waals surface area contributed by atoms with Gasteiger partial charge in [-0.1, -0.05) is 33.3 Å². The Labute approximate surface area is 188 Å². The van der Waals surface area contributed by atoms with Crippen LogP contribution in [0.5, 0.6) is 0 Å². The summed E-state index contributed by atoms with van der Waals surface area (Å²) in [6.45, 7) is 11.7. The predicted octanol–water partition coefficient (Wildman–Crippen LogP) is 4.93. The maximum atomic E-state index is 14.2. The number of esters is 1. The molecular formula is C25H32FN3O3. The molecule has 0 saturated heterocycles. The molecule has 0 radical (unpaired) electrons. The molecule has 0 bridgehead atoms. The number of hydrogen-bond donors (Lipinski definition) is 1. The molecule has 0 spiro atoms. The number of benzene rings is 1. The van der Waals surface area contributed by atoms with Crippen LogP contribution < -0.4 is 0 Å². The summed E-state index contributed by atoms with van der Waals surface area (Å²) in [5.41, 5.74) is 2.84. The number of H-pyrrole nitrogens is 1. The van der Waals surface area contributed by atoms with E-state index in [4.69, 9.17) is 4.74 Å². The molecule has 1 aliphatic heterocycles. The number of carbonyl (C=O) groups excluding carboxylic acids is 2. The van der Waals surface area contributed by atoms with Gasteiger partial charge < -0.3 is 9.64 Å². The van der Waals surface area contributed by atoms with Gasteiger partial charge in [0.05, 0.1) is 17.5 Å². The van der Waals surface area contributed by atoms with Gasteiger partial charge in [0.15, 0.2) is 0 Å². The van der Waals surface area contributed by atoms with Crippen molar-refractivity contribution in [1.82, 2.24) is 15.1 Å². The van der Waals surface area contributed by atoms with Crippen molar-refractivity contribution in [3.8, 4) is 0 Å². The number of aromatic amines is 1. The van der Waals surface area contributed by atoms with Gasteiger partial charge in [-0.2, -0.15) is 5.10 Å². The number of rotatable bonds is 6. The minimum Gasteiger partial charge on any atom is -0.459 e.